The van der Waals surface area contributed by atoms with E-state index in [2.05, 4.69) is 5.32 Å². The molecule has 0 unspecified atom stereocenters. The number of methoxy groups -OCH3 is 1. The third-order valence-electron chi connectivity index (χ3n) is 5.08. The van der Waals surface area contributed by atoms with Crippen LogP contribution in [0.15, 0.2) is 24.3 Å². The molecule has 3 amide bonds. The largest absolute Gasteiger partial charge is 0.490 e. The van der Waals surface area contributed by atoms with Crippen LogP contribution in [0.1, 0.15) is 36.0 Å². The number of rotatable bonds is 6. The fourth-order valence-electron chi connectivity index (χ4n) is 3.55. The highest BCUT2D eigenvalue weighted by Crippen LogP contribution is 2.21. The molecule has 0 bridgehead atoms. The van der Waals surface area contributed by atoms with Crippen molar-refractivity contribution in [3.05, 3.63) is 29.8 Å². The number of likely N-dealkylation sites (tertiary alicyclic amines) is 2. The molecule has 1 aromatic carbocycles. The van der Waals surface area contributed by atoms with Crippen LogP contribution in [0.25, 0.3) is 0 Å². The lowest BCUT2D eigenvalue weighted by Crippen LogP contribution is -2.47. The minimum Gasteiger partial charge on any atom is -0.490 e. The van der Waals surface area contributed by atoms with E-state index in [9.17, 15) is 9.59 Å². The van der Waals surface area contributed by atoms with Crippen LogP contribution < -0.4 is 10.1 Å². The van der Waals surface area contributed by atoms with Crippen molar-refractivity contribution >= 4 is 11.9 Å². The Balaban J connectivity index is 1.48. The highest BCUT2D eigenvalue weighted by molar-refractivity contribution is 5.94. The number of amides is 3. The van der Waals surface area contributed by atoms with Crippen molar-refractivity contribution in [2.75, 3.05) is 46.4 Å². The second-order valence-corrected chi connectivity index (χ2v) is 7.06. The van der Waals surface area contributed by atoms with Gasteiger partial charge in [0.1, 0.15) is 11.9 Å². The predicted molar refractivity (Wildman–Crippen MR) is 102 cm³/mol. The third kappa shape index (κ3) is 5.35. The van der Waals surface area contributed by atoms with Crippen LogP contribution in [0.3, 0.4) is 0 Å². The summed E-state index contributed by atoms with van der Waals surface area (Å²) in [6, 6.07) is 7.40. The lowest BCUT2D eigenvalue weighted by molar-refractivity contribution is 0.0926. The Kier molecular flexibility index (Phi) is 6.92. The van der Waals surface area contributed by atoms with Crippen molar-refractivity contribution in [3.8, 4) is 5.75 Å². The molecule has 0 saturated carbocycles. The SMILES string of the molecule is COCCNC(=O)c1cccc(OC2CCN(C(=O)N3CCCC3)CC2)c1. The van der Waals surface area contributed by atoms with E-state index in [-0.39, 0.29) is 18.0 Å². The zero-order valence-corrected chi connectivity index (χ0v) is 16.0. The van der Waals surface area contributed by atoms with Gasteiger partial charge in [0.25, 0.3) is 5.91 Å². The summed E-state index contributed by atoms with van der Waals surface area (Å²) in [4.78, 5) is 28.5. The molecule has 0 atom stereocenters. The van der Waals surface area contributed by atoms with Crippen molar-refractivity contribution in [1.82, 2.24) is 15.1 Å². The van der Waals surface area contributed by atoms with E-state index in [4.69, 9.17) is 9.47 Å². The lowest BCUT2D eigenvalue weighted by Gasteiger charge is -2.34. The highest BCUT2D eigenvalue weighted by atomic mass is 16.5. The van der Waals surface area contributed by atoms with Crippen LogP contribution in [0.2, 0.25) is 0 Å². The molecule has 7 heteroatoms. The topological polar surface area (TPSA) is 71.1 Å². The van der Waals surface area contributed by atoms with Crippen molar-refractivity contribution in [2.45, 2.75) is 31.8 Å². The van der Waals surface area contributed by atoms with Gasteiger partial charge in [0, 0.05) is 58.2 Å². The van der Waals surface area contributed by atoms with E-state index < -0.39 is 0 Å². The van der Waals surface area contributed by atoms with Gasteiger partial charge in [-0.3, -0.25) is 4.79 Å². The molecule has 0 radical (unpaired) electrons. The van der Waals surface area contributed by atoms with Crippen LogP contribution in [0.4, 0.5) is 4.79 Å². The van der Waals surface area contributed by atoms with Gasteiger partial charge in [-0.15, -0.1) is 0 Å². The summed E-state index contributed by atoms with van der Waals surface area (Å²) in [5.41, 5.74) is 0.574. The second kappa shape index (κ2) is 9.60. The highest BCUT2D eigenvalue weighted by Gasteiger charge is 2.28. The maximum Gasteiger partial charge on any atom is 0.320 e. The Morgan fingerprint density at radius 3 is 2.52 bits per heavy atom. The van der Waals surface area contributed by atoms with E-state index in [1.165, 1.54) is 0 Å². The first kappa shape index (κ1) is 19.5. The van der Waals surface area contributed by atoms with Gasteiger partial charge in [-0.2, -0.15) is 0 Å². The van der Waals surface area contributed by atoms with Crippen molar-refractivity contribution in [2.24, 2.45) is 0 Å². The molecule has 0 spiro atoms. The maximum absolute atomic E-state index is 12.5. The van der Waals surface area contributed by atoms with E-state index in [0.29, 0.717) is 24.5 Å². The fourth-order valence-corrected chi connectivity index (χ4v) is 3.55. The molecule has 2 saturated heterocycles. The lowest BCUT2D eigenvalue weighted by atomic mass is 10.1. The van der Waals surface area contributed by atoms with E-state index >= 15 is 0 Å². The first-order chi connectivity index (χ1) is 13.2. The summed E-state index contributed by atoms with van der Waals surface area (Å²) in [6.45, 7) is 4.16. The molecule has 3 rings (SSSR count). The number of carbonyl (C=O) groups excluding carboxylic acids is 2. The van der Waals surface area contributed by atoms with E-state index in [0.717, 1.165) is 51.9 Å². The summed E-state index contributed by atoms with van der Waals surface area (Å²) in [6.07, 6.45) is 3.91. The van der Waals surface area contributed by atoms with E-state index in [1.807, 2.05) is 21.9 Å². The Morgan fingerprint density at radius 1 is 1.11 bits per heavy atom. The number of benzene rings is 1. The van der Waals surface area contributed by atoms with Gasteiger partial charge in [0.15, 0.2) is 0 Å². The molecule has 0 aliphatic carbocycles. The molecule has 7 nitrogen and oxygen atoms in total. The smallest absolute Gasteiger partial charge is 0.320 e. The number of carbonyl (C=O) groups is 2. The Hall–Kier alpha value is -2.28. The number of ether oxygens (including phenoxy) is 2. The molecular formula is C20H29N3O4. The number of piperidine rings is 1. The first-order valence-corrected chi connectivity index (χ1v) is 9.75. The molecule has 27 heavy (non-hydrogen) atoms. The Bertz CT molecular complexity index is 638. The predicted octanol–water partition coefficient (Wildman–Crippen LogP) is 2.12. The Morgan fingerprint density at radius 2 is 1.81 bits per heavy atom. The summed E-state index contributed by atoms with van der Waals surface area (Å²) < 4.78 is 11.0. The normalized spacial score (nSPS) is 17.8. The Labute approximate surface area is 160 Å². The molecule has 2 aliphatic rings. The van der Waals surface area contributed by atoms with Gasteiger partial charge in [-0.05, 0) is 31.0 Å². The zero-order chi connectivity index (χ0) is 19.1. The summed E-state index contributed by atoms with van der Waals surface area (Å²) in [5.74, 6) is 0.558. The molecule has 1 N–H and O–H groups in total. The van der Waals surface area contributed by atoms with E-state index in [1.54, 1.807) is 19.2 Å². The summed E-state index contributed by atoms with van der Waals surface area (Å²) in [7, 11) is 1.60. The molecule has 2 fully saturated rings. The standard InChI is InChI=1S/C20H29N3O4/c1-26-14-9-21-19(24)16-5-4-6-18(15-16)27-17-7-12-23(13-8-17)20(25)22-10-2-3-11-22/h4-6,15,17H,2-3,7-14H2,1H3,(H,21,24). The molecule has 1 aromatic rings. The van der Waals surface area contributed by atoms with Gasteiger partial charge in [0.2, 0.25) is 0 Å². The monoisotopic (exact) mass is 375 g/mol. The third-order valence-corrected chi connectivity index (χ3v) is 5.08. The number of hydrogen-bond acceptors (Lipinski definition) is 4. The van der Waals surface area contributed by atoms with Crippen molar-refractivity contribution in [3.63, 3.8) is 0 Å². The number of nitrogens with one attached hydrogen (secondary N) is 1. The van der Waals surface area contributed by atoms with Gasteiger partial charge >= 0.3 is 6.03 Å². The number of urea groups is 1. The van der Waals surface area contributed by atoms with Gasteiger partial charge in [-0.25, -0.2) is 4.79 Å². The molecule has 2 heterocycles. The minimum absolute atomic E-state index is 0.0689. The van der Waals surface area contributed by atoms with Crippen LogP contribution in [0.5, 0.6) is 5.75 Å². The quantitative estimate of drug-likeness (QED) is 0.773. The summed E-state index contributed by atoms with van der Waals surface area (Å²) >= 11 is 0. The van der Waals surface area contributed by atoms with Crippen LogP contribution in [0, 0.1) is 0 Å². The fraction of sp³-hybridized carbons (Fsp3) is 0.600. The average Bonchev–Trinajstić information content (AvgIpc) is 3.23. The molecule has 0 aromatic heterocycles. The number of nitrogens with zero attached hydrogens (tertiary/aromatic N) is 2. The molecular weight excluding hydrogens is 346 g/mol. The van der Waals surface area contributed by atoms with Crippen LogP contribution in [-0.2, 0) is 4.74 Å². The van der Waals surface area contributed by atoms with Gasteiger partial charge in [-0.1, -0.05) is 6.07 Å². The minimum atomic E-state index is -0.136. The van der Waals surface area contributed by atoms with Crippen molar-refractivity contribution in [1.29, 1.82) is 0 Å². The van der Waals surface area contributed by atoms with Crippen LogP contribution in [-0.4, -0.2) is 74.3 Å². The first-order valence-electron chi connectivity index (χ1n) is 9.75. The number of hydrogen-bond donors (Lipinski definition) is 1. The zero-order valence-electron chi connectivity index (χ0n) is 16.0. The van der Waals surface area contributed by atoms with Gasteiger partial charge in [0.05, 0.1) is 6.61 Å². The second-order valence-electron chi connectivity index (χ2n) is 7.06. The summed E-state index contributed by atoms with van der Waals surface area (Å²) in [5, 5.41) is 2.81. The van der Waals surface area contributed by atoms with Gasteiger partial charge < -0.3 is 24.6 Å². The maximum atomic E-state index is 12.5. The molecule has 2 aliphatic heterocycles. The van der Waals surface area contributed by atoms with Crippen LogP contribution >= 0.6 is 0 Å². The average molecular weight is 375 g/mol. The van der Waals surface area contributed by atoms with Crippen molar-refractivity contribution < 1.29 is 19.1 Å². The molecule has 148 valence electrons.